The third-order valence-electron chi connectivity index (χ3n) is 0.422. The van der Waals surface area contributed by atoms with Gasteiger partial charge in [0.15, 0.2) is 0 Å². The van der Waals surface area contributed by atoms with Crippen LogP contribution in [0.4, 0.5) is 0 Å². The number of hydrogen-bond acceptors (Lipinski definition) is 3. The first-order chi connectivity index (χ1) is 3.42. The third-order valence-corrected chi connectivity index (χ3v) is 1.27. The van der Waals surface area contributed by atoms with Crippen molar-refractivity contribution in [2.45, 2.75) is 0 Å². The predicted octanol–water partition coefficient (Wildman–Crippen LogP) is -1.36. The third kappa shape index (κ3) is 5.66. The summed E-state index contributed by atoms with van der Waals surface area (Å²) in [5.41, 5.74) is 0. The Morgan fingerprint density at radius 2 is 2.25 bits per heavy atom. The van der Waals surface area contributed by atoms with Crippen molar-refractivity contribution in [3.05, 3.63) is 0 Å². The molecule has 0 aliphatic rings. The average Bonchev–Trinajstić information content (AvgIpc) is 1.21. The van der Waals surface area contributed by atoms with Crippen molar-refractivity contribution in [1.29, 1.82) is 0 Å². The van der Waals surface area contributed by atoms with E-state index in [0.717, 1.165) is 6.66 Å². The van der Waals surface area contributed by atoms with Crippen LogP contribution in [0.3, 0.4) is 0 Å². The number of carboxylic acid groups (broad SMARTS) is 1. The molecule has 48 valence electrons. The van der Waals surface area contributed by atoms with E-state index in [2.05, 4.69) is 0 Å². The van der Waals surface area contributed by atoms with Gasteiger partial charge in [-0.05, 0) is 0 Å². The van der Waals surface area contributed by atoms with Crippen LogP contribution in [0.5, 0.6) is 0 Å². The van der Waals surface area contributed by atoms with Crippen LogP contribution in [0.1, 0.15) is 0 Å². The van der Waals surface area contributed by atoms with Gasteiger partial charge in [-0.25, -0.2) is 0 Å². The summed E-state index contributed by atoms with van der Waals surface area (Å²) in [5.74, 6) is -1.49. The van der Waals surface area contributed by atoms with Gasteiger partial charge in [-0.3, -0.25) is 4.57 Å². The average molecular weight is 137 g/mol. The van der Waals surface area contributed by atoms with Gasteiger partial charge in [-0.15, -0.1) is 0 Å². The monoisotopic (exact) mass is 137 g/mol. The van der Waals surface area contributed by atoms with Crippen molar-refractivity contribution < 1.29 is 19.4 Å². The smallest absolute Gasteiger partial charge is 0.203 e. The van der Waals surface area contributed by atoms with Crippen molar-refractivity contribution in [3.8, 4) is 0 Å². The van der Waals surface area contributed by atoms with E-state index in [4.69, 9.17) is 4.89 Å². The maximum absolute atomic E-state index is 10.2. The molecule has 0 saturated heterocycles. The van der Waals surface area contributed by atoms with Crippen molar-refractivity contribution in [1.82, 2.24) is 0 Å². The van der Waals surface area contributed by atoms with Gasteiger partial charge in [-0.1, -0.05) is 0 Å². The Morgan fingerprint density at radius 3 is 2.25 bits per heavy atom. The molecule has 8 heavy (non-hydrogen) atoms. The topological polar surface area (TPSA) is 77.4 Å². The van der Waals surface area contributed by atoms with E-state index in [1.165, 1.54) is 0 Å². The minimum absolute atomic E-state index is 0.757. The lowest BCUT2D eigenvalue weighted by atomic mass is 10.8. The molecule has 1 N–H and O–H groups in total. The molecule has 4 nitrogen and oxygen atoms in total. The largest absolute Gasteiger partial charge is 0.550 e. The van der Waals surface area contributed by atoms with Gasteiger partial charge in [0.2, 0.25) is 7.37 Å². The Labute approximate surface area is 46.6 Å². The summed E-state index contributed by atoms with van der Waals surface area (Å²) in [4.78, 5) is 17.9. The van der Waals surface area contributed by atoms with Gasteiger partial charge < -0.3 is 14.8 Å². The number of aliphatic carboxylic acids is 1. The van der Waals surface area contributed by atoms with Crippen LogP contribution in [-0.2, 0) is 9.36 Å². The van der Waals surface area contributed by atoms with Gasteiger partial charge in [0, 0.05) is 6.66 Å². The second-order valence-corrected chi connectivity index (χ2v) is 4.00. The lowest BCUT2D eigenvalue weighted by Crippen LogP contribution is -2.25. The van der Waals surface area contributed by atoms with Crippen molar-refractivity contribution in [2.24, 2.45) is 0 Å². The van der Waals surface area contributed by atoms with Crippen LogP contribution in [0.25, 0.3) is 0 Å². The Morgan fingerprint density at radius 1 is 1.88 bits per heavy atom. The molecule has 0 amide bonds. The van der Waals surface area contributed by atoms with Gasteiger partial charge in [0.05, 0.1) is 12.1 Å². The molecule has 1 unspecified atom stereocenters. The summed E-state index contributed by atoms with van der Waals surface area (Å²) < 4.78 is 10.2. The second kappa shape index (κ2) is 2.29. The highest BCUT2D eigenvalue weighted by molar-refractivity contribution is 7.58. The summed E-state index contributed by atoms with van der Waals surface area (Å²) in [6.07, 6.45) is -0.757. The van der Waals surface area contributed by atoms with E-state index >= 15 is 0 Å². The van der Waals surface area contributed by atoms with Gasteiger partial charge in [0.1, 0.15) is 0 Å². The first kappa shape index (κ1) is 7.66. The summed E-state index contributed by atoms with van der Waals surface area (Å²) in [6.45, 7) is 0.975. The fraction of sp³-hybridized carbons (Fsp3) is 0.667. The number of rotatable bonds is 2. The molecule has 0 aromatic heterocycles. The number of carboxylic acids is 1. The second-order valence-electron chi connectivity index (χ2n) is 1.58. The zero-order chi connectivity index (χ0) is 6.78. The Bertz CT molecular complexity index is 134. The highest BCUT2D eigenvalue weighted by Crippen LogP contribution is 2.33. The van der Waals surface area contributed by atoms with Crippen LogP contribution in [0.15, 0.2) is 0 Å². The lowest BCUT2D eigenvalue weighted by Gasteiger charge is -2.03. The molecule has 0 spiro atoms. The molecule has 0 aliphatic heterocycles. The molecule has 0 aliphatic carbocycles. The summed E-state index contributed by atoms with van der Waals surface area (Å²) in [5, 5.41) is 9.57. The molecule has 0 radical (unpaired) electrons. The standard InChI is InChI=1S/C3H7O4P/c1-8(6,7)2-3(4)5/h2H2,1H3,(H,4,5)(H,6,7)/p-1. The molecule has 0 bridgehead atoms. The Kier molecular flexibility index (Phi) is 2.19. The molecular formula is C3H6O4P-. The highest BCUT2D eigenvalue weighted by atomic mass is 31.2. The summed E-state index contributed by atoms with van der Waals surface area (Å²) in [7, 11) is -3.38. The summed E-state index contributed by atoms with van der Waals surface area (Å²) in [6, 6.07) is 0. The Balaban J connectivity index is 3.74. The SMILES string of the molecule is CP(=O)(O)CC(=O)[O-]. The first-order valence-electron chi connectivity index (χ1n) is 1.91. The van der Waals surface area contributed by atoms with E-state index < -0.39 is 19.5 Å². The van der Waals surface area contributed by atoms with E-state index in [0.29, 0.717) is 0 Å². The molecule has 0 aromatic carbocycles. The van der Waals surface area contributed by atoms with Crippen molar-refractivity contribution in [2.75, 3.05) is 12.8 Å². The molecule has 1 atom stereocenters. The fourth-order valence-electron chi connectivity index (χ4n) is 0.240. The van der Waals surface area contributed by atoms with Gasteiger partial charge >= 0.3 is 0 Å². The number of carbonyl (C=O) groups excluding carboxylic acids is 1. The van der Waals surface area contributed by atoms with Crippen LogP contribution in [0.2, 0.25) is 0 Å². The molecule has 0 fully saturated rings. The van der Waals surface area contributed by atoms with Gasteiger partial charge in [-0.2, -0.15) is 0 Å². The first-order valence-corrected chi connectivity index (χ1v) is 4.20. The van der Waals surface area contributed by atoms with Crippen LogP contribution in [-0.4, -0.2) is 23.7 Å². The van der Waals surface area contributed by atoms with E-state index in [9.17, 15) is 14.5 Å². The lowest BCUT2D eigenvalue weighted by molar-refractivity contribution is -0.301. The summed E-state index contributed by atoms with van der Waals surface area (Å²) >= 11 is 0. The zero-order valence-corrected chi connectivity index (χ0v) is 5.22. The van der Waals surface area contributed by atoms with Crippen LogP contribution in [0, 0.1) is 0 Å². The molecule has 0 heterocycles. The fourth-order valence-corrected chi connectivity index (χ4v) is 0.719. The molecule has 0 saturated carbocycles. The van der Waals surface area contributed by atoms with Gasteiger partial charge in [0.25, 0.3) is 0 Å². The van der Waals surface area contributed by atoms with Crippen LogP contribution < -0.4 is 5.11 Å². The maximum Gasteiger partial charge on any atom is 0.203 e. The van der Waals surface area contributed by atoms with Crippen molar-refractivity contribution in [3.63, 3.8) is 0 Å². The highest BCUT2D eigenvalue weighted by Gasteiger charge is 2.08. The van der Waals surface area contributed by atoms with Crippen LogP contribution >= 0.6 is 7.37 Å². The van der Waals surface area contributed by atoms with Crippen molar-refractivity contribution >= 4 is 13.3 Å². The maximum atomic E-state index is 10.2. The zero-order valence-electron chi connectivity index (χ0n) is 4.33. The Hall–Kier alpha value is -0.340. The normalized spacial score (nSPS) is 17.2. The van der Waals surface area contributed by atoms with E-state index in [-0.39, 0.29) is 0 Å². The molecule has 0 rings (SSSR count). The minimum atomic E-state index is -3.38. The predicted molar refractivity (Wildman–Crippen MR) is 25.6 cm³/mol. The quantitative estimate of drug-likeness (QED) is 0.476. The minimum Gasteiger partial charge on any atom is -0.550 e. The molecule has 5 heteroatoms. The van der Waals surface area contributed by atoms with E-state index in [1.807, 2.05) is 0 Å². The number of carbonyl (C=O) groups is 1. The number of hydrogen-bond donors (Lipinski definition) is 1. The molecular weight excluding hydrogens is 131 g/mol. The van der Waals surface area contributed by atoms with E-state index in [1.54, 1.807) is 0 Å². The molecule has 0 aromatic rings.